The topological polar surface area (TPSA) is 58.4 Å². The number of imidazole rings is 1. The van der Waals surface area contributed by atoms with Crippen LogP contribution < -0.4 is 4.90 Å². The van der Waals surface area contributed by atoms with E-state index >= 15 is 0 Å². The van der Waals surface area contributed by atoms with E-state index in [4.69, 9.17) is 0 Å². The molecule has 0 aromatic carbocycles. The van der Waals surface area contributed by atoms with Crippen molar-refractivity contribution < 1.29 is 9.90 Å². The van der Waals surface area contributed by atoms with Crippen molar-refractivity contribution in [3.63, 3.8) is 0 Å². The van der Waals surface area contributed by atoms with E-state index in [1.165, 1.54) is 4.88 Å². The van der Waals surface area contributed by atoms with Gasteiger partial charge in [-0.05, 0) is 23.4 Å². The summed E-state index contributed by atoms with van der Waals surface area (Å²) in [5.74, 6) is -0.114. The molecular formula is C12H13N3O2S. The number of carboxylic acids is 1. The number of rotatable bonds is 2. The SMILES string of the molecule is Cn1ccnc1N1CCc2sccc2C1C(=O)O. The van der Waals surface area contributed by atoms with Gasteiger partial charge in [-0.25, -0.2) is 9.78 Å². The molecule has 6 heteroatoms. The summed E-state index contributed by atoms with van der Waals surface area (Å²) in [6.07, 6.45) is 4.40. The molecule has 1 aliphatic rings. The minimum atomic E-state index is -0.822. The summed E-state index contributed by atoms with van der Waals surface area (Å²) in [5, 5.41) is 11.5. The number of nitrogens with zero attached hydrogens (tertiary/aromatic N) is 3. The van der Waals surface area contributed by atoms with E-state index in [2.05, 4.69) is 4.98 Å². The first-order chi connectivity index (χ1) is 8.68. The number of hydrogen-bond donors (Lipinski definition) is 1. The molecule has 18 heavy (non-hydrogen) atoms. The zero-order valence-corrected chi connectivity index (χ0v) is 10.7. The fourth-order valence-corrected chi connectivity index (χ4v) is 3.34. The van der Waals surface area contributed by atoms with Crippen LogP contribution in [-0.4, -0.2) is 27.2 Å². The van der Waals surface area contributed by atoms with E-state index < -0.39 is 12.0 Å². The van der Waals surface area contributed by atoms with Gasteiger partial charge in [-0.15, -0.1) is 11.3 Å². The third-order valence-corrected chi connectivity index (χ3v) is 4.25. The number of carboxylic acid groups (broad SMARTS) is 1. The van der Waals surface area contributed by atoms with Gasteiger partial charge >= 0.3 is 5.97 Å². The van der Waals surface area contributed by atoms with Crippen molar-refractivity contribution in [2.45, 2.75) is 12.5 Å². The van der Waals surface area contributed by atoms with Crippen LogP contribution in [0.2, 0.25) is 0 Å². The lowest BCUT2D eigenvalue weighted by Gasteiger charge is -2.33. The Labute approximate surface area is 108 Å². The number of hydrogen-bond acceptors (Lipinski definition) is 4. The lowest BCUT2D eigenvalue weighted by Crippen LogP contribution is -2.40. The average Bonchev–Trinajstić information content (AvgIpc) is 2.95. The van der Waals surface area contributed by atoms with Crippen molar-refractivity contribution in [3.05, 3.63) is 34.3 Å². The second kappa shape index (κ2) is 4.13. The minimum Gasteiger partial charge on any atom is -0.479 e. The van der Waals surface area contributed by atoms with Crippen LogP contribution in [0.5, 0.6) is 0 Å². The molecule has 0 radical (unpaired) electrons. The Morgan fingerprint density at radius 3 is 3.11 bits per heavy atom. The van der Waals surface area contributed by atoms with Crippen LogP contribution in [0.3, 0.4) is 0 Å². The molecule has 0 saturated heterocycles. The predicted molar refractivity (Wildman–Crippen MR) is 69.0 cm³/mol. The van der Waals surface area contributed by atoms with Crippen LogP contribution in [0, 0.1) is 0 Å². The maximum atomic E-state index is 11.6. The molecule has 2 aromatic heterocycles. The van der Waals surface area contributed by atoms with Crippen molar-refractivity contribution in [2.24, 2.45) is 7.05 Å². The van der Waals surface area contributed by atoms with Crippen LogP contribution in [0.4, 0.5) is 5.95 Å². The van der Waals surface area contributed by atoms with Gasteiger partial charge in [-0.3, -0.25) is 0 Å². The van der Waals surface area contributed by atoms with Crippen molar-refractivity contribution in [1.29, 1.82) is 0 Å². The van der Waals surface area contributed by atoms with Gasteiger partial charge in [-0.1, -0.05) is 0 Å². The Hall–Kier alpha value is -1.82. The Morgan fingerprint density at radius 1 is 1.61 bits per heavy atom. The van der Waals surface area contributed by atoms with Gasteiger partial charge in [0, 0.05) is 30.9 Å². The molecule has 0 aliphatic carbocycles. The average molecular weight is 263 g/mol. The second-order valence-electron chi connectivity index (χ2n) is 4.32. The fourth-order valence-electron chi connectivity index (χ4n) is 2.43. The number of aliphatic carboxylic acids is 1. The largest absolute Gasteiger partial charge is 0.479 e. The van der Waals surface area contributed by atoms with Gasteiger partial charge in [-0.2, -0.15) is 0 Å². The highest BCUT2D eigenvalue weighted by molar-refractivity contribution is 7.10. The minimum absolute atomic E-state index is 0.624. The predicted octanol–water partition coefficient (Wildman–Crippen LogP) is 1.67. The van der Waals surface area contributed by atoms with E-state index in [-0.39, 0.29) is 0 Å². The molecule has 0 fully saturated rings. The van der Waals surface area contributed by atoms with E-state index in [0.29, 0.717) is 12.5 Å². The van der Waals surface area contributed by atoms with Gasteiger partial charge in [0.15, 0.2) is 6.04 Å². The van der Waals surface area contributed by atoms with Crippen molar-refractivity contribution in [2.75, 3.05) is 11.4 Å². The molecule has 5 nitrogen and oxygen atoms in total. The number of fused-ring (bicyclic) bond motifs is 1. The van der Waals surface area contributed by atoms with Crippen molar-refractivity contribution >= 4 is 23.3 Å². The zero-order chi connectivity index (χ0) is 12.7. The van der Waals surface area contributed by atoms with Crippen molar-refractivity contribution in [1.82, 2.24) is 9.55 Å². The summed E-state index contributed by atoms with van der Waals surface area (Å²) in [6.45, 7) is 0.690. The molecule has 0 saturated carbocycles. The third-order valence-electron chi connectivity index (χ3n) is 3.25. The highest BCUT2D eigenvalue weighted by Crippen LogP contribution is 2.35. The van der Waals surface area contributed by atoms with Gasteiger partial charge < -0.3 is 14.6 Å². The van der Waals surface area contributed by atoms with Crippen LogP contribution in [-0.2, 0) is 18.3 Å². The third kappa shape index (κ3) is 1.60. The van der Waals surface area contributed by atoms with Crippen molar-refractivity contribution in [3.8, 4) is 0 Å². The summed E-state index contributed by atoms with van der Waals surface area (Å²) in [6, 6.07) is 1.29. The van der Waals surface area contributed by atoms with E-state index in [0.717, 1.165) is 12.0 Å². The molecule has 1 aliphatic heterocycles. The second-order valence-corrected chi connectivity index (χ2v) is 5.32. The molecule has 0 bridgehead atoms. The Kier molecular flexibility index (Phi) is 2.59. The smallest absolute Gasteiger partial charge is 0.331 e. The maximum Gasteiger partial charge on any atom is 0.331 e. The number of aromatic nitrogens is 2. The summed E-state index contributed by atoms with van der Waals surface area (Å²) >= 11 is 1.63. The maximum absolute atomic E-state index is 11.6. The quantitative estimate of drug-likeness (QED) is 0.895. The zero-order valence-electron chi connectivity index (χ0n) is 9.91. The van der Waals surface area contributed by atoms with Gasteiger partial charge in [0.05, 0.1) is 0 Å². The molecule has 1 N–H and O–H groups in total. The lowest BCUT2D eigenvalue weighted by molar-refractivity contribution is -0.138. The number of carbonyl (C=O) groups is 1. The highest BCUT2D eigenvalue weighted by atomic mass is 32.1. The molecule has 0 amide bonds. The highest BCUT2D eigenvalue weighted by Gasteiger charge is 2.35. The lowest BCUT2D eigenvalue weighted by atomic mass is 10.0. The monoisotopic (exact) mass is 263 g/mol. The van der Waals surface area contributed by atoms with Crippen LogP contribution in [0.1, 0.15) is 16.5 Å². The normalized spacial score (nSPS) is 18.7. The first-order valence-corrected chi connectivity index (χ1v) is 6.59. The molecule has 3 heterocycles. The van der Waals surface area contributed by atoms with Crippen LogP contribution >= 0.6 is 11.3 Å². The molecular weight excluding hydrogens is 250 g/mol. The number of aryl methyl sites for hydroxylation is 1. The van der Waals surface area contributed by atoms with Gasteiger partial charge in [0.2, 0.25) is 5.95 Å². The van der Waals surface area contributed by atoms with E-state index in [9.17, 15) is 9.90 Å². The van der Waals surface area contributed by atoms with Gasteiger partial charge in [0.1, 0.15) is 0 Å². The Balaban J connectivity index is 2.07. The molecule has 2 aromatic rings. The first kappa shape index (κ1) is 11.3. The molecule has 3 rings (SSSR count). The Morgan fingerprint density at radius 2 is 2.44 bits per heavy atom. The summed E-state index contributed by atoms with van der Waals surface area (Å²) in [4.78, 5) is 18.8. The summed E-state index contributed by atoms with van der Waals surface area (Å²) < 4.78 is 1.85. The summed E-state index contributed by atoms with van der Waals surface area (Å²) in [5.41, 5.74) is 0.904. The van der Waals surface area contributed by atoms with E-state index in [1.807, 2.05) is 34.2 Å². The standard InChI is InChI=1S/C12H13N3O2S/c1-14-6-4-13-12(14)15-5-2-9-8(3-7-18-9)10(15)11(16)17/h3-4,6-7,10H,2,5H2,1H3,(H,16,17). The van der Waals surface area contributed by atoms with E-state index in [1.54, 1.807) is 17.5 Å². The van der Waals surface area contributed by atoms with Gasteiger partial charge in [0.25, 0.3) is 0 Å². The number of thiophene rings is 1. The molecule has 1 unspecified atom stereocenters. The van der Waals surface area contributed by atoms with Crippen LogP contribution in [0.25, 0.3) is 0 Å². The van der Waals surface area contributed by atoms with Crippen LogP contribution in [0.15, 0.2) is 23.8 Å². The Bertz CT molecular complexity index is 590. The molecule has 0 spiro atoms. The fraction of sp³-hybridized carbons (Fsp3) is 0.333. The first-order valence-electron chi connectivity index (χ1n) is 5.71. The number of anilines is 1. The molecule has 1 atom stereocenters. The summed E-state index contributed by atoms with van der Waals surface area (Å²) in [7, 11) is 1.88. The molecule has 94 valence electrons.